The fourth-order valence-electron chi connectivity index (χ4n) is 1.20. The second-order valence-electron chi connectivity index (χ2n) is 2.65. The van der Waals surface area contributed by atoms with Gasteiger partial charge in [-0.25, -0.2) is 4.79 Å². The van der Waals surface area contributed by atoms with Gasteiger partial charge in [-0.2, -0.15) is 0 Å². The molecule has 5 nitrogen and oxygen atoms in total. The average molecular weight is 211 g/mol. The molecule has 0 bridgehead atoms. The van der Waals surface area contributed by atoms with Crippen LogP contribution >= 0.6 is 11.3 Å². The summed E-state index contributed by atoms with van der Waals surface area (Å²) in [7, 11) is 0. The predicted octanol–water partition coefficient (Wildman–Crippen LogP) is 0.993. The van der Waals surface area contributed by atoms with E-state index in [9.17, 15) is 14.7 Å². The van der Waals surface area contributed by atoms with Crippen LogP contribution in [-0.2, 0) is 0 Å². The van der Waals surface area contributed by atoms with Crippen LogP contribution in [0, 0.1) is 0 Å². The molecule has 0 aliphatic heterocycles. The van der Waals surface area contributed by atoms with Crippen LogP contribution in [0.1, 0.15) is 10.4 Å². The maximum absolute atomic E-state index is 11.1. The minimum atomic E-state index is -1.30. The van der Waals surface area contributed by atoms with Gasteiger partial charge in [-0.3, -0.25) is 4.79 Å². The average Bonchev–Trinajstić information content (AvgIpc) is 2.52. The number of hydrogen-bond donors (Lipinski definition) is 3. The number of aromatic amines is 1. The van der Waals surface area contributed by atoms with E-state index in [4.69, 9.17) is 5.11 Å². The summed E-state index contributed by atoms with van der Waals surface area (Å²) in [6.45, 7) is 0. The van der Waals surface area contributed by atoms with E-state index in [1.165, 1.54) is 0 Å². The Kier molecular flexibility index (Phi) is 1.78. The van der Waals surface area contributed by atoms with Crippen LogP contribution in [0.4, 0.5) is 0 Å². The number of carboxylic acids is 1. The first-order valence-electron chi connectivity index (χ1n) is 3.67. The number of aromatic hydroxyl groups is 1. The number of rotatable bonds is 1. The van der Waals surface area contributed by atoms with E-state index >= 15 is 0 Å². The maximum Gasteiger partial charge on any atom is 0.341 e. The van der Waals surface area contributed by atoms with Crippen molar-refractivity contribution < 1.29 is 15.0 Å². The molecule has 2 heterocycles. The Hall–Kier alpha value is -1.82. The van der Waals surface area contributed by atoms with Crippen molar-refractivity contribution in [1.82, 2.24) is 4.98 Å². The first-order chi connectivity index (χ1) is 6.61. The lowest BCUT2D eigenvalue weighted by Crippen LogP contribution is -2.10. The summed E-state index contributed by atoms with van der Waals surface area (Å²) in [4.78, 5) is 24.2. The van der Waals surface area contributed by atoms with Crippen molar-refractivity contribution in [2.24, 2.45) is 0 Å². The smallest absolute Gasteiger partial charge is 0.341 e. The predicted molar refractivity (Wildman–Crippen MR) is 51.1 cm³/mol. The molecule has 0 aliphatic carbocycles. The molecule has 0 spiro atoms. The third kappa shape index (κ3) is 1.08. The van der Waals surface area contributed by atoms with Gasteiger partial charge in [0.15, 0.2) is 5.75 Å². The van der Waals surface area contributed by atoms with Crippen molar-refractivity contribution in [1.29, 1.82) is 0 Å². The molecule has 0 saturated heterocycles. The first kappa shape index (κ1) is 8.76. The summed E-state index contributed by atoms with van der Waals surface area (Å²) in [5, 5.41) is 19.7. The van der Waals surface area contributed by atoms with E-state index in [0.29, 0.717) is 10.2 Å². The van der Waals surface area contributed by atoms with Crippen molar-refractivity contribution >= 4 is 27.5 Å². The zero-order chi connectivity index (χ0) is 10.3. The number of hydrogen-bond acceptors (Lipinski definition) is 4. The minimum Gasteiger partial charge on any atom is -0.502 e. The molecule has 0 fully saturated rings. The molecule has 0 radical (unpaired) electrons. The largest absolute Gasteiger partial charge is 0.502 e. The molecule has 2 aromatic rings. The van der Waals surface area contributed by atoms with Crippen LogP contribution in [0.2, 0.25) is 0 Å². The van der Waals surface area contributed by atoms with Crippen LogP contribution in [0.15, 0.2) is 16.2 Å². The van der Waals surface area contributed by atoms with E-state index in [1.807, 2.05) is 0 Å². The highest BCUT2D eigenvalue weighted by Gasteiger charge is 2.18. The Morgan fingerprint density at radius 1 is 1.50 bits per heavy atom. The van der Waals surface area contributed by atoms with Crippen LogP contribution in [-0.4, -0.2) is 21.2 Å². The topological polar surface area (TPSA) is 90.4 Å². The number of pyridine rings is 1. The van der Waals surface area contributed by atoms with Crippen LogP contribution < -0.4 is 5.56 Å². The summed E-state index contributed by atoms with van der Waals surface area (Å²) in [5.41, 5.74) is -0.692. The van der Waals surface area contributed by atoms with Gasteiger partial charge in [0.25, 0.3) is 5.56 Å². The summed E-state index contributed by atoms with van der Waals surface area (Å²) in [6, 6.07) is 1.59. The fraction of sp³-hybridized carbons (Fsp3) is 0. The fourth-order valence-corrected chi connectivity index (χ4v) is 2.09. The van der Waals surface area contributed by atoms with Gasteiger partial charge in [-0.1, -0.05) is 0 Å². The zero-order valence-corrected chi connectivity index (χ0v) is 7.59. The summed E-state index contributed by atoms with van der Waals surface area (Å²) >= 11 is 1.15. The SMILES string of the molecule is O=C(O)c1c(O)c(=O)[nH]c2ccsc12. The molecule has 2 aromatic heterocycles. The molecule has 3 N–H and O–H groups in total. The van der Waals surface area contributed by atoms with Crippen LogP contribution in [0.3, 0.4) is 0 Å². The van der Waals surface area contributed by atoms with Gasteiger partial charge in [0.05, 0.1) is 10.2 Å². The molecule has 2 rings (SSSR count). The summed E-state index contributed by atoms with van der Waals surface area (Å²) in [6.07, 6.45) is 0. The third-order valence-electron chi connectivity index (χ3n) is 1.81. The van der Waals surface area contributed by atoms with Crippen molar-refractivity contribution in [2.75, 3.05) is 0 Å². The Labute approximate surface area is 81.2 Å². The number of carboxylic acid groups (broad SMARTS) is 1. The number of aromatic carboxylic acids is 1. The van der Waals surface area contributed by atoms with E-state index in [-0.39, 0.29) is 5.56 Å². The lowest BCUT2D eigenvalue weighted by molar-refractivity contribution is 0.0696. The van der Waals surface area contributed by atoms with E-state index in [0.717, 1.165) is 11.3 Å². The third-order valence-corrected chi connectivity index (χ3v) is 2.74. The monoisotopic (exact) mass is 211 g/mol. The van der Waals surface area contributed by atoms with Crippen molar-refractivity contribution in [2.45, 2.75) is 0 Å². The highest BCUT2D eigenvalue weighted by atomic mass is 32.1. The summed E-state index contributed by atoms with van der Waals surface area (Å²) in [5.74, 6) is -2.05. The minimum absolute atomic E-state index is 0.334. The molecule has 72 valence electrons. The Balaban J connectivity index is 3.01. The molecule has 6 heteroatoms. The number of H-pyrrole nitrogens is 1. The van der Waals surface area contributed by atoms with E-state index in [1.54, 1.807) is 11.4 Å². The van der Waals surface area contributed by atoms with Crippen molar-refractivity contribution in [3.8, 4) is 5.75 Å². The van der Waals surface area contributed by atoms with Gasteiger partial charge < -0.3 is 15.2 Å². The normalized spacial score (nSPS) is 10.6. The quantitative estimate of drug-likeness (QED) is 0.656. The number of nitrogens with one attached hydrogen (secondary N) is 1. The van der Waals surface area contributed by atoms with Gasteiger partial charge >= 0.3 is 5.97 Å². The van der Waals surface area contributed by atoms with Gasteiger partial charge in [0.2, 0.25) is 0 Å². The van der Waals surface area contributed by atoms with Crippen LogP contribution in [0.25, 0.3) is 10.2 Å². The molecule has 0 amide bonds. The lowest BCUT2D eigenvalue weighted by Gasteiger charge is -1.99. The Bertz CT molecular complexity index is 568. The highest BCUT2D eigenvalue weighted by molar-refractivity contribution is 7.17. The van der Waals surface area contributed by atoms with Gasteiger partial charge in [0.1, 0.15) is 5.56 Å². The lowest BCUT2D eigenvalue weighted by atomic mass is 10.2. The van der Waals surface area contributed by atoms with E-state index in [2.05, 4.69) is 4.98 Å². The van der Waals surface area contributed by atoms with Crippen molar-refractivity contribution in [3.05, 3.63) is 27.4 Å². The standard InChI is InChI=1S/C8H5NO4S/c10-5-4(8(12)13)6-3(1-2-14-6)9-7(5)11/h1-2,10H,(H,9,11)(H,12,13). The molecular formula is C8H5NO4S. The number of fused-ring (bicyclic) bond motifs is 1. The van der Waals surface area contributed by atoms with Gasteiger partial charge in [0, 0.05) is 0 Å². The maximum atomic E-state index is 11.1. The first-order valence-corrected chi connectivity index (χ1v) is 4.55. The van der Waals surface area contributed by atoms with Crippen LogP contribution in [0.5, 0.6) is 5.75 Å². The van der Waals surface area contributed by atoms with Crippen molar-refractivity contribution in [3.63, 3.8) is 0 Å². The molecule has 0 unspecified atom stereocenters. The number of carbonyl (C=O) groups is 1. The van der Waals surface area contributed by atoms with Gasteiger partial charge in [-0.05, 0) is 11.4 Å². The molecule has 0 aromatic carbocycles. The molecule has 0 saturated carbocycles. The molecule has 0 aliphatic rings. The van der Waals surface area contributed by atoms with E-state index < -0.39 is 17.3 Å². The highest BCUT2D eigenvalue weighted by Crippen LogP contribution is 2.26. The Morgan fingerprint density at radius 2 is 2.21 bits per heavy atom. The zero-order valence-electron chi connectivity index (χ0n) is 6.77. The summed E-state index contributed by atoms with van der Waals surface area (Å²) < 4.78 is 0.370. The Morgan fingerprint density at radius 3 is 2.86 bits per heavy atom. The van der Waals surface area contributed by atoms with Gasteiger partial charge in [-0.15, -0.1) is 11.3 Å². The molecule has 0 atom stereocenters. The number of aromatic nitrogens is 1. The molecule has 14 heavy (non-hydrogen) atoms. The number of thiophene rings is 1. The second-order valence-corrected chi connectivity index (χ2v) is 3.56. The second kappa shape index (κ2) is 2.85. The molecular weight excluding hydrogens is 206 g/mol.